The number of aryl methyl sites for hydroxylation is 1. The van der Waals surface area contributed by atoms with Crippen molar-refractivity contribution in [2.24, 2.45) is 0 Å². The minimum Gasteiger partial charge on any atom is -0.480 e. The molecule has 1 aromatic heterocycles. The van der Waals surface area contributed by atoms with Gasteiger partial charge in [-0.25, -0.2) is 14.8 Å². The van der Waals surface area contributed by atoms with Crippen molar-refractivity contribution in [2.75, 3.05) is 0 Å². The fourth-order valence-corrected chi connectivity index (χ4v) is 2.07. The highest BCUT2D eigenvalue weighted by atomic mass is 19.4. The van der Waals surface area contributed by atoms with Gasteiger partial charge in [0.15, 0.2) is 0 Å². The van der Waals surface area contributed by atoms with Gasteiger partial charge in [-0.3, -0.25) is 4.79 Å². The maximum atomic E-state index is 12.7. The van der Waals surface area contributed by atoms with E-state index in [1.807, 2.05) is 0 Å². The first kappa shape index (κ1) is 16.2. The van der Waals surface area contributed by atoms with Crippen LogP contribution in [0, 0.1) is 6.92 Å². The third-order valence-corrected chi connectivity index (χ3v) is 3.28. The number of hydrogen-bond acceptors (Lipinski definition) is 4. The van der Waals surface area contributed by atoms with Crippen molar-refractivity contribution in [3.8, 4) is 0 Å². The molecular weight excluding hydrogens is 303 g/mol. The molecule has 1 saturated carbocycles. The molecule has 0 radical (unpaired) electrons. The van der Waals surface area contributed by atoms with Crippen LogP contribution in [-0.2, 0) is 11.0 Å². The number of rotatable bonds is 4. The molecule has 0 bridgehead atoms. The smallest absolute Gasteiger partial charge is 0.451 e. The number of alkyl halides is 3. The van der Waals surface area contributed by atoms with Crippen molar-refractivity contribution in [1.29, 1.82) is 0 Å². The summed E-state index contributed by atoms with van der Waals surface area (Å²) in [4.78, 5) is 31.1. The average molecular weight is 317 g/mol. The van der Waals surface area contributed by atoms with E-state index in [9.17, 15) is 22.8 Å². The largest absolute Gasteiger partial charge is 0.480 e. The van der Waals surface area contributed by atoms with Gasteiger partial charge in [0, 0.05) is 11.7 Å². The molecule has 0 aromatic carbocycles. The number of carboxylic acids is 1. The van der Waals surface area contributed by atoms with Crippen molar-refractivity contribution >= 4 is 11.9 Å². The second kappa shape index (κ2) is 5.54. The van der Waals surface area contributed by atoms with Gasteiger partial charge in [0.2, 0.25) is 5.82 Å². The second-order valence-electron chi connectivity index (χ2n) is 5.17. The van der Waals surface area contributed by atoms with E-state index in [1.54, 1.807) is 0 Å². The summed E-state index contributed by atoms with van der Waals surface area (Å²) in [5, 5.41) is 9.06. The molecule has 9 heteroatoms. The van der Waals surface area contributed by atoms with Crippen LogP contribution >= 0.6 is 0 Å². The molecule has 1 unspecified atom stereocenters. The monoisotopic (exact) mass is 317 g/mol. The number of carbonyl (C=O) groups is 2. The van der Waals surface area contributed by atoms with E-state index in [4.69, 9.17) is 5.11 Å². The number of amides is 1. The van der Waals surface area contributed by atoms with E-state index in [1.165, 1.54) is 13.8 Å². The topological polar surface area (TPSA) is 83.4 Å². The van der Waals surface area contributed by atoms with Gasteiger partial charge in [0.05, 0.1) is 0 Å². The molecule has 1 heterocycles. The molecule has 0 aliphatic heterocycles. The average Bonchev–Trinajstić information content (AvgIpc) is 3.21. The molecule has 22 heavy (non-hydrogen) atoms. The van der Waals surface area contributed by atoms with Gasteiger partial charge < -0.3 is 10.0 Å². The van der Waals surface area contributed by atoms with Crippen LogP contribution in [0.25, 0.3) is 0 Å². The Labute approximate surface area is 124 Å². The standard InChI is InChI=1S/C13H14F3N3O3/c1-6-5-9(18-12(17-6)13(14,15)16)10(20)19(8-3-4-8)7(2)11(21)22/h5,7-8H,3-4H2,1-2H3,(H,21,22). The van der Waals surface area contributed by atoms with Gasteiger partial charge in [-0.2, -0.15) is 13.2 Å². The fourth-order valence-electron chi connectivity index (χ4n) is 2.07. The van der Waals surface area contributed by atoms with E-state index in [-0.39, 0.29) is 11.7 Å². The van der Waals surface area contributed by atoms with E-state index in [0.717, 1.165) is 11.0 Å². The van der Waals surface area contributed by atoms with Crippen molar-refractivity contribution in [2.45, 2.75) is 44.9 Å². The Morgan fingerprint density at radius 3 is 2.41 bits per heavy atom. The first-order valence-electron chi connectivity index (χ1n) is 6.59. The highest BCUT2D eigenvalue weighted by Crippen LogP contribution is 2.31. The van der Waals surface area contributed by atoms with Crippen molar-refractivity contribution in [3.05, 3.63) is 23.3 Å². The Bertz CT molecular complexity index is 614. The van der Waals surface area contributed by atoms with E-state index >= 15 is 0 Å². The molecule has 2 rings (SSSR count). The van der Waals surface area contributed by atoms with Gasteiger partial charge in [-0.15, -0.1) is 0 Å². The van der Waals surface area contributed by atoms with Crippen LogP contribution < -0.4 is 0 Å². The number of carboxylic acid groups (broad SMARTS) is 1. The highest BCUT2D eigenvalue weighted by Gasteiger charge is 2.41. The summed E-state index contributed by atoms with van der Waals surface area (Å²) in [6.07, 6.45) is -3.52. The van der Waals surface area contributed by atoms with E-state index < -0.39 is 35.6 Å². The molecular formula is C13H14F3N3O3. The maximum Gasteiger partial charge on any atom is 0.451 e. The third kappa shape index (κ3) is 3.34. The Hall–Kier alpha value is -2.19. The van der Waals surface area contributed by atoms with Crippen molar-refractivity contribution < 1.29 is 27.9 Å². The lowest BCUT2D eigenvalue weighted by Crippen LogP contribution is -2.45. The van der Waals surface area contributed by atoms with Crippen molar-refractivity contribution in [1.82, 2.24) is 14.9 Å². The lowest BCUT2D eigenvalue weighted by molar-refractivity contribution is -0.145. The summed E-state index contributed by atoms with van der Waals surface area (Å²) in [5.74, 6) is -3.45. The first-order chi connectivity index (χ1) is 10.1. The fraction of sp³-hybridized carbons (Fsp3) is 0.538. The summed E-state index contributed by atoms with van der Waals surface area (Å²) in [6.45, 7) is 2.63. The van der Waals surface area contributed by atoms with Crippen LogP contribution in [-0.4, -0.2) is 43.9 Å². The van der Waals surface area contributed by atoms with Crippen LogP contribution in [0.5, 0.6) is 0 Å². The second-order valence-corrected chi connectivity index (χ2v) is 5.17. The first-order valence-corrected chi connectivity index (χ1v) is 6.59. The Morgan fingerprint density at radius 1 is 1.36 bits per heavy atom. The zero-order valence-corrected chi connectivity index (χ0v) is 11.9. The van der Waals surface area contributed by atoms with Gasteiger partial charge in [0.25, 0.3) is 5.91 Å². The number of halogens is 3. The molecule has 1 atom stereocenters. The summed E-state index contributed by atoms with van der Waals surface area (Å²) in [5.41, 5.74) is -0.454. The zero-order valence-electron chi connectivity index (χ0n) is 11.9. The lowest BCUT2D eigenvalue weighted by atomic mass is 10.2. The SMILES string of the molecule is Cc1cc(C(=O)N(C2CC2)C(C)C(=O)O)nc(C(F)(F)F)n1. The molecule has 1 fully saturated rings. The summed E-state index contributed by atoms with van der Waals surface area (Å²) in [7, 11) is 0. The Balaban J connectivity index is 2.39. The third-order valence-electron chi connectivity index (χ3n) is 3.28. The Kier molecular flexibility index (Phi) is 4.08. The number of hydrogen-bond donors (Lipinski definition) is 1. The van der Waals surface area contributed by atoms with Gasteiger partial charge in [-0.05, 0) is 32.8 Å². The van der Waals surface area contributed by atoms with Crippen LogP contribution in [0.2, 0.25) is 0 Å². The highest BCUT2D eigenvalue weighted by molar-refractivity contribution is 5.95. The number of aromatic nitrogens is 2. The van der Waals surface area contributed by atoms with E-state index in [2.05, 4.69) is 9.97 Å². The molecule has 1 N–H and O–H groups in total. The molecule has 6 nitrogen and oxygen atoms in total. The quantitative estimate of drug-likeness (QED) is 0.916. The van der Waals surface area contributed by atoms with Gasteiger partial charge in [0.1, 0.15) is 11.7 Å². The molecule has 1 aliphatic rings. The lowest BCUT2D eigenvalue weighted by Gasteiger charge is -2.26. The summed E-state index contributed by atoms with van der Waals surface area (Å²) in [6, 6.07) is -0.283. The maximum absolute atomic E-state index is 12.7. The predicted molar refractivity (Wildman–Crippen MR) is 68.1 cm³/mol. The van der Waals surface area contributed by atoms with Gasteiger partial charge in [-0.1, -0.05) is 0 Å². The number of aliphatic carboxylic acids is 1. The van der Waals surface area contributed by atoms with Crippen LogP contribution in [0.15, 0.2) is 6.07 Å². The van der Waals surface area contributed by atoms with E-state index in [0.29, 0.717) is 12.8 Å². The molecule has 1 aromatic rings. The molecule has 120 valence electrons. The Morgan fingerprint density at radius 2 is 1.95 bits per heavy atom. The summed E-state index contributed by atoms with van der Waals surface area (Å²) >= 11 is 0. The van der Waals surface area contributed by atoms with Crippen molar-refractivity contribution in [3.63, 3.8) is 0 Å². The number of carbonyl (C=O) groups excluding carboxylic acids is 1. The molecule has 1 amide bonds. The number of nitrogens with zero attached hydrogens (tertiary/aromatic N) is 3. The zero-order chi connectivity index (χ0) is 16.7. The summed E-state index contributed by atoms with van der Waals surface area (Å²) < 4.78 is 38.2. The minimum absolute atomic E-state index is 0.00981. The molecule has 0 spiro atoms. The van der Waals surface area contributed by atoms with Crippen LogP contribution in [0.4, 0.5) is 13.2 Å². The minimum atomic E-state index is -4.77. The van der Waals surface area contributed by atoms with Crippen LogP contribution in [0.1, 0.15) is 41.8 Å². The van der Waals surface area contributed by atoms with Crippen LogP contribution in [0.3, 0.4) is 0 Å². The molecule has 0 saturated heterocycles. The molecule has 1 aliphatic carbocycles. The normalized spacial score (nSPS) is 16.2. The van der Waals surface area contributed by atoms with Gasteiger partial charge >= 0.3 is 12.1 Å². The predicted octanol–water partition coefficient (Wildman–Crippen LogP) is 1.88.